The molecule has 0 atom stereocenters. The van der Waals surface area contributed by atoms with Crippen molar-refractivity contribution in [3.63, 3.8) is 0 Å². The zero-order valence-electron chi connectivity index (χ0n) is 9.80. The van der Waals surface area contributed by atoms with E-state index in [1.165, 1.54) is 12.1 Å². The Hall–Kier alpha value is -2.37. The molecule has 2 aromatic rings. The lowest BCUT2D eigenvalue weighted by atomic mass is 10.2. The van der Waals surface area contributed by atoms with E-state index in [0.717, 1.165) is 12.0 Å². The molecule has 6 heteroatoms. The first-order chi connectivity index (χ1) is 8.65. The summed E-state index contributed by atoms with van der Waals surface area (Å²) in [6, 6.07) is 4.43. The summed E-state index contributed by atoms with van der Waals surface area (Å²) in [7, 11) is 0. The topological polar surface area (TPSA) is 85.3 Å². The van der Waals surface area contributed by atoms with Crippen molar-refractivity contribution in [3.05, 3.63) is 51.9 Å². The number of hydrogen-bond acceptors (Lipinski definition) is 5. The van der Waals surface area contributed by atoms with Crippen molar-refractivity contribution in [1.29, 1.82) is 0 Å². The Kier molecular flexibility index (Phi) is 3.57. The first-order valence-corrected chi connectivity index (χ1v) is 5.44. The van der Waals surface area contributed by atoms with E-state index >= 15 is 0 Å². The highest BCUT2D eigenvalue weighted by molar-refractivity contribution is 5.93. The molecule has 0 spiro atoms. The minimum Gasteiger partial charge on any atom is -0.430 e. The van der Waals surface area contributed by atoms with Crippen LogP contribution in [0.2, 0.25) is 0 Å². The number of nitrogens with zero attached hydrogens (tertiary/aromatic N) is 1. The lowest BCUT2D eigenvalue weighted by Crippen LogP contribution is -2.25. The molecule has 0 aliphatic heterocycles. The average molecular weight is 248 g/mol. The second kappa shape index (κ2) is 5.31. The monoisotopic (exact) mass is 248 g/mol. The molecule has 0 unspecified atom stereocenters. The summed E-state index contributed by atoms with van der Waals surface area (Å²) in [5.41, 5.74) is 0.633. The van der Waals surface area contributed by atoms with Gasteiger partial charge in [-0.25, -0.2) is 4.79 Å². The van der Waals surface area contributed by atoms with Gasteiger partial charge in [0, 0.05) is 25.1 Å². The summed E-state index contributed by atoms with van der Waals surface area (Å²) >= 11 is 0. The van der Waals surface area contributed by atoms with Crippen LogP contribution in [-0.2, 0) is 6.42 Å². The maximum atomic E-state index is 11.6. The maximum Gasteiger partial charge on any atom is 0.335 e. The van der Waals surface area contributed by atoms with Gasteiger partial charge in [-0.2, -0.15) is 0 Å². The standard InChI is InChI=1S/C12H12N2O4/c1-8-6-10(18-14-8)4-5-13-12(16)9-2-3-11(15)17-7-9/h2-3,6-7H,4-5H2,1H3,(H,13,16). The van der Waals surface area contributed by atoms with E-state index in [2.05, 4.69) is 14.9 Å². The highest BCUT2D eigenvalue weighted by Crippen LogP contribution is 2.02. The Balaban J connectivity index is 1.85. The van der Waals surface area contributed by atoms with Crippen molar-refractivity contribution in [3.8, 4) is 0 Å². The minimum absolute atomic E-state index is 0.296. The number of nitrogens with one attached hydrogen (secondary N) is 1. The molecule has 0 aliphatic rings. The van der Waals surface area contributed by atoms with Crippen LogP contribution in [0.1, 0.15) is 21.8 Å². The van der Waals surface area contributed by atoms with Crippen molar-refractivity contribution >= 4 is 5.91 Å². The molecular formula is C12H12N2O4. The molecule has 0 radical (unpaired) electrons. The average Bonchev–Trinajstić information content (AvgIpc) is 2.76. The van der Waals surface area contributed by atoms with Gasteiger partial charge in [-0.15, -0.1) is 0 Å². The largest absolute Gasteiger partial charge is 0.430 e. The lowest BCUT2D eigenvalue weighted by molar-refractivity contribution is 0.0951. The van der Waals surface area contributed by atoms with E-state index in [1.807, 2.05) is 13.0 Å². The molecule has 0 saturated heterocycles. The molecule has 1 amide bonds. The van der Waals surface area contributed by atoms with E-state index in [0.29, 0.717) is 24.3 Å². The van der Waals surface area contributed by atoms with Crippen LogP contribution in [0, 0.1) is 6.92 Å². The smallest absolute Gasteiger partial charge is 0.335 e. The summed E-state index contributed by atoms with van der Waals surface area (Å²) in [6.45, 7) is 2.25. The van der Waals surface area contributed by atoms with Gasteiger partial charge >= 0.3 is 5.63 Å². The van der Waals surface area contributed by atoms with Crippen molar-refractivity contribution in [2.45, 2.75) is 13.3 Å². The molecule has 2 aromatic heterocycles. The normalized spacial score (nSPS) is 10.3. The van der Waals surface area contributed by atoms with Gasteiger partial charge < -0.3 is 14.3 Å². The zero-order valence-corrected chi connectivity index (χ0v) is 9.80. The highest BCUT2D eigenvalue weighted by atomic mass is 16.5. The third kappa shape index (κ3) is 3.07. The molecule has 18 heavy (non-hydrogen) atoms. The van der Waals surface area contributed by atoms with Gasteiger partial charge in [0.25, 0.3) is 5.91 Å². The molecule has 0 bridgehead atoms. The summed E-state index contributed by atoms with van der Waals surface area (Å²) in [5, 5.41) is 6.43. The molecule has 2 rings (SSSR count). The van der Waals surface area contributed by atoms with E-state index in [4.69, 9.17) is 4.52 Å². The van der Waals surface area contributed by atoms with Crippen LogP contribution < -0.4 is 10.9 Å². The summed E-state index contributed by atoms with van der Waals surface area (Å²) in [5.74, 6) is 0.419. The lowest BCUT2D eigenvalue weighted by Gasteiger charge is -2.02. The fraction of sp³-hybridized carbons (Fsp3) is 0.250. The van der Waals surface area contributed by atoms with Crippen molar-refractivity contribution < 1.29 is 13.7 Å². The second-order valence-electron chi connectivity index (χ2n) is 3.78. The predicted octanol–water partition coefficient (Wildman–Crippen LogP) is 0.909. The number of carbonyl (C=O) groups is 1. The fourth-order valence-electron chi connectivity index (χ4n) is 1.42. The van der Waals surface area contributed by atoms with Gasteiger partial charge in [0.15, 0.2) is 0 Å². The number of hydrogen-bond donors (Lipinski definition) is 1. The molecule has 6 nitrogen and oxygen atoms in total. The Morgan fingerprint density at radius 1 is 1.44 bits per heavy atom. The number of carbonyl (C=O) groups excluding carboxylic acids is 1. The Morgan fingerprint density at radius 3 is 2.89 bits per heavy atom. The first kappa shape index (κ1) is 12.1. The molecule has 0 aromatic carbocycles. The highest BCUT2D eigenvalue weighted by Gasteiger charge is 2.06. The molecule has 0 saturated carbocycles. The third-order valence-electron chi connectivity index (χ3n) is 2.30. The van der Waals surface area contributed by atoms with E-state index in [-0.39, 0.29) is 5.91 Å². The van der Waals surface area contributed by atoms with E-state index in [9.17, 15) is 9.59 Å². The quantitative estimate of drug-likeness (QED) is 0.869. The van der Waals surface area contributed by atoms with Crippen LogP contribution >= 0.6 is 0 Å². The molecule has 2 heterocycles. The summed E-state index contributed by atoms with van der Waals surface area (Å²) < 4.78 is 9.61. The fourth-order valence-corrected chi connectivity index (χ4v) is 1.42. The van der Waals surface area contributed by atoms with Gasteiger partial charge in [-0.05, 0) is 13.0 Å². The van der Waals surface area contributed by atoms with Gasteiger partial charge in [-0.1, -0.05) is 5.16 Å². The Morgan fingerprint density at radius 2 is 2.28 bits per heavy atom. The van der Waals surface area contributed by atoms with E-state index in [1.54, 1.807) is 0 Å². The number of amides is 1. The van der Waals surface area contributed by atoms with E-state index < -0.39 is 5.63 Å². The van der Waals surface area contributed by atoms with Gasteiger partial charge in [0.05, 0.1) is 11.3 Å². The van der Waals surface area contributed by atoms with Crippen molar-refractivity contribution in [1.82, 2.24) is 10.5 Å². The van der Waals surface area contributed by atoms with Crippen LogP contribution in [0.15, 0.2) is 38.2 Å². The van der Waals surface area contributed by atoms with Crippen LogP contribution in [0.3, 0.4) is 0 Å². The van der Waals surface area contributed by atoms with Crippen LogP contribution in [-0.4, -0.2) is 17.6 Å². The third-order valence-corrected chi connectivity index (χ3v) is 2.30. The van der Waals surface area contributed by atoms with Gasteiger partial charge in [0.2, 0.25) is 0 Å². The molecule has 0 aliphatic carbocycles. The molecular weight excluding hydrogens is 236 g/mol. The van der Waals surface area contributed by atoms with Crippen molar-refractivity contribution in [2.75, 3.05) is 6.54 Å². The predicted molar refractivity (Wildman–Crippen MR) is 62.3 cm³/mol. The molecule has 0 fully saturated rings. The Labute approximate surface area is 103 Å². The van der Waals surface area contributed by atoms with Crippen LogP contribution in [0.4, 0.5) is 0 Å². The Bertz CT molecular complexity index is 580. The summed E-state index contributed by atoms with van der Waals surface area (Å²) in [6.07, 6.45) is 1.69. The number of aryl methyl sites for hydroxylation is 1. The second-order valence-corrected chi connectivity index (χ2v) is 3.78. The number of rotatable bonds is 4. The van der Waals surface area contributed by atoms with Crippen molar-refractivity contribution in [2.24, 2.45) is 0 Å². The molecule has 94 valence electrons. The number of aromatic nitrogens is 1. The SMILES string of the molecule is Cc1cc(CCNC(=O)c2ccc(=O)oc2)on1. The summed E-state index contributed by atoms with van der Waals surface area (Å²) in [4.78, 5) is 22.4. The maximum absolute atomic E-state index is 11.6. The zero-order chi connectivity index (χ0) is 13.0. The minimum atomic E-state index is -0.483. The van der Waals surface area contributed by atoms with Gasteiger partial charge in [-0.3, -0.25) is 4.79 Å². The van der Waals surface area contributed by atoms with Crippen LogP contribution in [0.5, 0.6) is 0 Å². The van der Waals surface area contributed by atoms with Crippen LogP contribution in [0.25, 0.3) is 0 Å². The van der Waals surface area contributed by atoms with Gasteiger partial charge in [0.1, 0.15) is 12.0 Å². The first-order valence-electron chi connectivity index (χ1n) is 5.44. The molecule has 1 N–H and O–H groups in total.